The van der Waals surface area contributed by atoms with E-state index in [0.717, 1.165) is 17.1 Å². The van der Waals surface area contributed by atoms with E-state index in [1.807, 2.05) is 0 Å². The van der Waals surface area contributed by atoms with Crippen LogP contribution in [0.25, 0.3) is 53.9 Å². The van der Waals surface area contributed by atoms with E-state index in [2.05, 4.69) is 157 Å². The number of benzene rings is 8. The molecule has 0 N–H and O–H groups in total. The van der Waals surface area contributed by atoms with Crippen molar-refractivity contribution in [3.8, 4) is 0 Å². The number of hydrogen-bond acceptors (Lipinski definition) is 1. The highest BCUT2D eigenvalue weighted by molar-refractivity contribution is 6.24. The molecule has 8 aromatic rings. The number of nitrogens with zero attached hydrogens (tertiary/aromatic N) is 1. The molecule has 0 aromatic heterocycles. The van der Waals surface area contributed by atoms with E-state index in [-0.39, 0.29) is 0 Å². The van der Waals surface area contributed by atoms with Gasteiger partial charge < -0.3 is 4.90 Å². The number of anilines is 3. The van der Waals surface area contributed by atoms with Gasteiger partial charge in [-0.1, -0.05) is 115 Å². The van der Waals surface area contributed by atoms with E-state index < -0.39 is 0 Å². The molecule has 0 bridgehead atoms. The molecule has 39 heavy (non-hydrogen) atoms. The molecular formula is C38H25N. The first-order chi connectivity index (χ1) is 19.3. The average molecular weight is 496 g/mol. The molecule has 0 radical (unpaired) electrons. The van der Waals surface area contributed by atoms with Crippen LogP contribution in [0.1, 0.15) is 0 Å². The van der Waals surface area contributed by atoms with Gasteiger partial charge in [0.2, 0.25) is 0 Å². The maximum absolute atomic E-state index is 2.35. The topological polar surface area (TPSA) is 3.24 Å². The van der Waals surface area contributed by atoms with Crippen LogP contribution in [0.3, 0.4) is 0 Å². The van der Waals surface area contributed by atoms with Gasteiger partial charge in [-0.05, 0) is 90.3 Å². The van der Waals surface area contributed by atoms with Crippen molar-refractivity contribution in [3.63, 3.8) is 0 Å². The van der Waals surface area contributed by atoms with Crippen molar-refractivity contribution in [2.45, 2.75) is 0 Å². The van der Waals surface area contributed by atoms with Crippen molar-refractivity contribution in [2.75, 3.05) is 4.90 Å². The molecule has 0 aliphatic rings. The van der Waals surface area contributed by atoms with Gasteiger partial charge >= 0.3 is 0 Å². The second-order valence-electron chi connectivity index (χ2n) is 10.2. The van der Waals surface area contributed by atoms with Crippen LogP contribution >= 0.6 is 0 Å². The van der Waals surface area contributed by atoms with Gasteiger partial charge in [-0.15, -0.1) is 0 Å². The summed E-state index contributed by atoms with van der Waals surface area (Å²) in [4.78, 5) is 2.35. The quantitative estimate of drug-likeness (QED) is 0.220. The van der Waals surface area contributed by atoms with Crippen LogP contribution in [0.4, 0.5) is 17.1 Å². The van der Waals surface area contributed by atoms with Crippen LogP contribution in [0.15, 0.2) is 152 Å². The fourth-order valence-electron chi connectivity index (χ4n) is 6.12. The first-order valence-electron chi connectivity index (χ1n) is 13.4. The lowest BCUT2D eigenvalue weighted by atomic mass is 9.93. The first-order valence-corrected chi connectivity index (χ1v) is 13.4. The van der Waals surface area contributed by atoms with Gasteiger partial charge in [0.15, 0.2) is 0 Å². The highest BCUT2D eigenvalue weighted by atomic mass is 15.1. The Morgan fingerprint density at radius 2 is 0.846 bits per heavy atom. The van der Waals surface area contributed by atoms with Crippen LogP contribution in [-0.4, -0.2) is 0 Å². The van der Waals surface area contributed by atoms with E-state index in [4.69, 9.17) is 0 Å². The lowest BCUT2D eigenvalue weighted by molar-refractivity contribution is 1.29. The van der Waals surface area contributed by atoms with E-state index in [0.29, 0.717) is 0 Å². The summed E-state index contributed by atoms with van der Waals surface area (Å²) in [5, 5.41) is 12.8. The van der Waals surface area contributed by atoms with Crippen LogP contribution < -0.4 is 4.90 Å². The van der Waals surface area contributed by atoms with Crippen molar-refractivity contribution >= 4 is 70.9 Å². The second-order valence-corrected chi connectivity index (χ2v) is 10.2. The Morgan fingerprint density at radius 3 is 1.72 bits per heavy atom. The van der Waals surface area contributed by atoms with Gasteiger partial charge in [0.05, 0.1) is 0 Å². The third-order valence-electron chi connectivity index (χ3n) is 7.97. The Morgan fingerprint density at radius 1 is 0.282 bits per heavy atom. The zero-order valence-electron chi connectivity index (χ0n) is 21.4. The van der Waals surface area contributed by atoms with E-state index >= 15 is 0 Å². The highest BCUT2D eigenvalue weighted by Gasteiger charge is 2.15. The Balaban J connectivity index is 1.37. The summed E-state index contributed by atoms with van der Waals surface area (Å²) in [6.45, 7) is 0. The molecule has 1 heteroatoms. The standard InChI is InChI=1S/C38H25N/c1-2-11-31(12-3-1)39(32-19-16-26-8-4-5-10-29(26)24-32)33-20-23-35-30(25-33)15-14-28-18-21-36-34-13-7-6-9-27(34)17-22-37(36)38(28)35/h1-25H. The molecule has 1 nitrogen and oxygen atoms in total. The van der Waals surface area contributed by atoms with Crippen LogP contribution in [0.2, 0.25) is 0 Å². The van der Waals surface area contributed by atoms with Crippen LogP contribution in [0, 0.1) is 0 Å². The van der Waals surface area contributed by atoms with E-state index in [9.17, 15) is 0 Å². The third-order valence-corrected chi connectivity index (χ3v) is 7.97. The van der Waals surface area contributed by atoms with Crippen LogP contribution in [0.5, 0.6) is 0 Å². The molecule has 0 saturated heterocycles. The molecule has 0 fully saturated rings. The predicted molar refractivity (Wildman–Crippen MR) is 169 cm³/mol. The summed E-state index contributed by atoms with van der Waals surface area (Å²) in [5.74, 6) is 0. The van der Waals surface area contributed by atoms with Gasteiger partial charge in [0.25, 0.3) is 0 Å². The van der Waals surface area contributed by atoms with Crippen molar-refractivity contribution in [1.29, 1.82) is 0 Å². The maximum Gasteiger partial charge on any atom is 0.0468 e. The Labute approximate surface area is 227 Å². The second kappa shape index (κ2) is 8.72. The number of fused-ring (bicyclic) bond motifs is 8. The summed E-state index contributed by atoms with van der Waals surface area (Å²) in [6, 6.07) is 55.1. The fourth-order valence-corrected chi connectivity index (χ4v) is 6.12. The van der Waals surface area contributed by atoms with Crippen molar-refractivity contribution in [1.82, 2.24) is 0 Å². The molecule has 0 aliphatic carbocycles. The molecule has 8 aromatic carbocycles. The van der Waals surface area contributed by atoms with Crippen molar-refractivity contribution in [2.24, 2.45) is 0 Å². The van der Waals surface area contributed by atoms with Gasteiger partial charge in [-0.3, -0.25) is 0 Å². The third kappa shape index (κ3) is 3.55. The number of rotatable bonds is 3. The molecule has 0 spiro atoms. The predicted octanol–water partition coefficient (Wildman–Crippen LogP) is 10.9. The van der Waals surface area contributed by atoms with E-state index in [1.165, 1.54) is 53.9 Å². The lowest BCUT2D eigenvalue weighted by Gasteiger charge is -2.26. The smallest absolute Gasteiger partial charge is 0.0468 e. The minimum absolute atomic E-state index is 1.14. The van der Waals surface area contributed by atoms with Crippen molar-refractivity contribution in [3.05, 3.63) is 152 Å². The summed E-state index contributed by atoms with van der Waals surface area (Å²) >= 11 is 0. The Kier molecular flexibility index (Phi) is 4.89. The number of hydrogen-bond donors (Lipinski definition) is 0. The monoisotopic (exact) mass is 495 g/mol. The van der Waals surface area contributed by atoms with E-state index in [1.54, 1.807) is 0 Å². The minimum atomic E-state index is 1.14. The first kappa shape index (κ1) is 21.9. The molecule has 8 rings (SSSR count). The summed E-state index contributed by atoms with van der Waals surface area (Å²) in [6.07, 6.45) is 0. The molecule has 0 heterocycles. The van der Waals surface area contributed by atoms with Gasteiger partial charge in [0.1, 0.15) is 0 Å². The molecule has 0 saturated carbocycles. The maximum atomic E-state index is 2.35. The normalized spacial score (nSPS) is 11.6. The molecule has 0 atom stereocenters. The SMILES string of the molecule is c1ccc(N(c2ccc3ccccc3c2)c2ccc3c(ccc4ccc5c6ccccc6ccc5c43)c2)cc1. The molecule has 0 aliphatic heterocycles. The largest absolute Gasteiger partial charge is 0.310 e. The van der Waals surface area contributed by atoms with Crippen LogP contribution in [-0.2, 0) is 0 Å². The average Bonchev–Trinajstić information content (AvgIpc) is 3.01. The fraction of sp³-hybridized carbons (Fsp3) is 0. The molecule has 182 valence electrons. The highest BCUT2D eigenvalue weighted by Crippen LogP contribution is 2.40. The Hall–Kier alpha value is -5.14. The number of para-hydroxylation sites is 1. The molecular weight excluding hydrogens is 470 g/mol. The van der Waals surface area contributed by atoms with Gasteiger partial charge in [-0.2, -0.15) is 0 Å². The van der Waals surface area contributed by atoms with Gasteiger partial charge in [0, 0.05) is 17.1 Å². The van der Waals surface area contributed by atoms with Gasteiger partial charge in [-0.25, -0.2) is 0 Å². The lowest BCUT2D eigenvalue weighted by Crippen LogP contribution is -2.09. The molecule has 0 amide bonds. The zero-order chi connectivity index (χ0) is 25.8. The Bertz CT molecular complexity index is 2180. The zero-order valence-corrected chi connectivity index (χ0v) is 21.4. The summed E-state index contributed by atoms with van der Waals surface area (Å²) in [7, 11) is 0. The molecule has 0 unspecified atom stereocenters. The van der Waals surface area contributed by atoms with Crippen molar-refractivity contribution < 1.29 is 0 Å². The summed E-state index contributed by atoms with van der Waals surface area (Å²) in [5.41, 5.74) is 3.44. The summed E-state index contributed by atoms with van der Waals surface area (Å²) < 4.78 is 0. The minimum Gasteiger partial charge on any atom is -0.310 e.